The number of nitrogens with one attached hydrogen (secondary N) is 1. The number of methoxy groups -OCH3 is 1. The molecule has 1 atom stereocenters. The zero-order valence-corrected chi connectivity index (χ0v) is 9.86. The molecule has 0 aliphatic rings. The standard InChI is InChI=1S/C13H15NO3/c1-4-9(5-2)14-13(16)10-7-6-8-11(17-3)12(10)15/h1,6-9,15H,5H2,2-3H3,(H,14,16). The Kier molecular flexibility index (Phi) is 4.41. The molecule has 0 radical (unpaired) electrons. The number of para-hydroxylation sites is 1. The van der Waals surface area contributed by atoms with Crippen molar-refractivity contribution in [2.45, 2.75) is 19.4 Å². The van der Waals surface area contributed by atoms with Crippen molar-refractivity contribution in [1.29, 1.82) is 0 Å². The van der Waals surface area contributed by atoms with E-state index < -0.39 is 5.91 Å². The van der Waals surface area contributed by atoms with Gasteiger partial charge in [-0.2, -0.15) is 0 Å². The molecule has 0 spiro atoms. The van der Waals surface area contributed by atoms with Crippen LogP contribution in [0.25, 0.3) is 0 Å². The van der Waals surface area contributed by atoms with Gasteiger partial charge < -0.3 is 15.2 Å². The average molecular weight is 233 g/mol. The first kappa shape index (κ1) is 12.9. The monoisotopic (exact) mass is 233 g/mol. The minimum atomic E-state index is -0.411. The molecule has 0 saturated heterocycles. The van der Waals surface area contributed by atoms with Gasteiger partial charge in [-0.25, -0.2) is 0 Å². The van der Waals surface area contributed by atoms with Gasteiger partial charge in [-0.1, -0.05) is 18.9 Å². The molecule has 90 valence electrons. The van der Waals surface area contributed by atoms with Gasteiger partial charge in [0.2, 0.25) is 0 Å². The predicted octanol–water partition coefficient (Wildman–Crippen LogP) is 1.54. The summed E-state index contributed by atoms with van der Waals surface area (Å²) in [6.45, 7) is 1.87. The minimum Gasteiger partial charge on any atom is -0.504 e. The molecule has 1 amide bonds. The number of phenols is 1. The van der Waals surface area contributed by atoms with Crippen LogP contribution in [-0.2, 0) is 0 Å². The normalized spacial score (nSPS) is 11.4. The molecule has 1 aromatic rings. The number of amides is 1. The summed E-state index contributed by atoms with van der Waals surface area (Å²) in [5, 5.41) is 12.4. The van der Waals surface area contributed by atoms with Crippen molar-refractivity contribution in [3.05, 3.63) is 23.8 Å². The van der Waals surface area contributed by atoms with E-state index in [0.717, 1.165) is 0 Å². The van der Waals surface area contributed by atoms with Gasteiger partial charge in [-0.3, -0.25) is 4.79 Å². The summed E-state index contributed by atoms with van der Waals surface area (Å²) in [5.74, 6) is 2.12. The number of carbonyl (C=O) groups excluding carboxylic acids is 1. The summed E-state index contributed by atoms with van der Waals surface area (Å²) in [7, 11) is 1.42. The molecule has 0 bridgehead atoms. The van der Waals surface area contributed by atoms with Crippen LogP contribution in [-0.4, -0.2) is 24.2 Å². The first-order chi connectivity index (χ1) is 8.13. The summed E-state index contributed by atoms with van der Waals surface area (Å²) in [6, 6.07) is 4.37. The number of carbonyl (C=O) groups is 1. The van der Waals surface area contributed by atoms with E-state index in [1.165, 1.54) is 13.2 Å². The number of hydrogen-bond acceptors (Lipinski definition) is 3. The molecule has 0 aliphatic heterocycles. The zero-order valence-electron chi connectivity index (χ0n) is 9.86. The van der Waals surface area contributed by atoms with E-state index in [4.69, 9.17) is 11.2 Å². The van der Waals surface area contributed by atoms with E-state index in [1.807, 2.05) is 6.92 Å². The first-order valence-corrected chi connectivity index (χ1v) is 5.27. The van der Waals surface area contributed by atoms with Gasteiger partial charge in [-0.15, -0.1) is 6.42 Å². The van der Waals surface area contributed by atoms with Crippen molar-refractivity contribution in [2.75, 3.05) is 7.11 Å². The van der Waals surface area contributed by atoms with Gasteiger partial charge in [0.1, 0.15) is 0 Å². The van der Waals surface area contributed by atoms with Crippen LogP contribution >= 0.6 is 0 Å². The van der Waals surface area contributed by atoms with E-state index in [1.54, 1.807) is 12.1 Å². The highest BCUT2D eigenvalue weighted by Crippen LogP contribution is 2.29. The third kappa shape index (κ3) is 2.91. The summed E-state index contributed by atoms with van der Waals surface area (Å²) in [6.07, 6.45) is 5.88. The molecule has 1 aromatic carbocycles. The number of rotatable bonds is 4. The maximum atomic E-state index is 11.8. The van der Waals surface area contributed by atoms with E-state index in [0.29, 0.717) is 6.42 Å². The van der Waals surface area contributed by atoms with Crippen LogP contribution in [0.5, 0.6) is 11.5 Å². The zero-order chi connectivity index (χ0) is 12.8. The third-order valence-corrected chi connectivity index (χ3v) is 2.38. The van der Waals surface area contributed by atoms with Crippen molar-refractivity contribution >= 4 is 5.91 Å². The Bertz CT molecular complexity index is 448. The number of terminal acetylenes is 1. The SMILES string of the molecule is C#CC(CC)NC(=O)c1cccc(OC)c1O. The second-order valence-corrected chi connectivity index (χ2v) is 3.46. The van der Waals surface area contributed by atoms with Crippen molar-refractivity contribution in [2.24, 2.45) is 0 Å². The fraction of sp³-hybridized carbons (Fsp3) is 0.308. The van der Waals surface area contributed by atoms with Gasteiger partial charge in [0.05, 0.1) is 18.7 Å². The van der Waals surface area contributed by atoms with Crippen LogP contribution in [0, 0.1) is 12.3 Å². The molecular weight excluding hydrogens is 218 g/mol. The average Bonchev–Trinajstić information content (AvgIpc) is 2.35. The van der Waals surface area contributed by atoms with Gasteiger partial charge in [-0.05, 0) is 18.6 Å². The second-order valence-electron chi connectivity index (χ2n) is 3.46. The highest BCUT2D eigenvalue weighted by Gasteiger charge is 2.16. The lowest BCUT2D eigenvalue weighted by Crippen LogP contribution is -2.33. The van der Waals surface area contributed by atoms with Gasteiger partial charge in [0.25, 0.3) is 5.91 Å². The molecule has 0 aliphatic carbocycles. The summed E-state index contributed by atoms with van der Waals surface area (Å²) in [5.41, 5.74) is 0.151. The van der Waals surface area contributed by atoms with Crippen molar-refractivity contribution in [3.8, 4) is 23.8 Å². The molecule has 1 unspecified atom stereocenters. The fourth-order valence-electron chi connectivity index (χ4n) is 1.37. The third-order valence-electron chi connectivity index (χ3n) is 2.38. The van der Waals surface area contributed by atoms with Crippen molar-refractivity contribution in [3.63, 3.8) is 0 Å². The van der Waals surface area contributed by atoms with Gasteiger partial charge >= 0.3 is 0 Å². The molecule has 0 saturated carbocycles. The van der Waals surface area contributed by atoms with Crippen LogP contribution in [0.15, 0.2) is 18.2 Å². The van der Waals surface area contributed by atoms with Crippen LogP contribution in [0.3, 0.4) is 0 Å². The van der Waals surface area contributed by atoms with Crippen molar-refractivity contribution in [1.82, 2.24) is 5.32 Å². The molecule has 2 N–H and O–H groups in total. The van der Waals surface area contributed by atoms with E-state index in [2.05, 4.69) is 11.2 Å². The lowest BCUT2D eigenvalue weighted by atomic mass is 10.1. The smallest absolute Gasteiger partial charge is 0.256 e. The Labute approximate surface area is 101 Å². The van der Waals surface area contributed by atoms with E-state index >= 15 is 0 Å². The summed E-state index contributed by atoms with van der Waals surface area (Å²) in [4.78, 5) is 11.8. The number of phenolic OH excluding ortho intramolecular Hbond substituents is 1. The van der Waals surface area contributed by atoms with Crippen LogP contribution < -0.4 is 10.1 Å². The first-order valence-electron chi connectivity index (χ1n) is 5.27. The Balaban J connectivity index is 2.94. The van der Waals surface area contributed by atoms with Gasteiger partial charge in [0, 0.05) is 0 Å². The quantitative estimate of drug-likeness (QED) is 0.775. The lowest BCUT2D eigenvalue weighted by molar-refractivity contribution is 0.0941. The Morgan fingerprint density at radius 2 is 2.35 bits per heavy atom. The second kappa shape index (κ2) is 5.80. The molecule has 4 heteroatoms. The molecule has 17 heavy (non-hydrogen) atoms. The molecule has 0 fully saturated rings. The molecule has 4 nitrogen and oxygen atoms in total. The maximum absolute atomic E-state index is 11.8. The lowest BCUT2D eigenvalue weighted by Gasteiger charge is -2.12. The predicted molar refractivity (Wildman–Crippen MR) is 65.0 cm³/mol. The molecule has 0 aromatic heterocycles. The summed E-state index contributed by atoms with van der Waals surface area (Å²) < 4.78 is 4.92. The molecule has 0 heterocycles. The Hall–Kier alpha value is -2.15. The fourth-order valence-corrected chi connectivity index (χ4v) is 1.37. The highest BCUT2D eigenvalue weighted by atomic mass is 16.5. The largest absolute Gasteiger partial charge is 0.504 e. The minimum absolute atomic E-state index is 0.151. The number of hydrogen-bond donors (Lipinski definition) is 2. The van der Waals surface area contributed by atoms with E-state index in [-0.39, 0.29) is 23.1 Å². The molecule has 1 rings (SSSR count). The number of benzene rings is 1. The van der Waals surface area contributed by atoms with E-state index in [9.17, 15) is 9.90 Å². The highest BCUT2D eigenvalue weighted by molar-refractivity contribution is 5.98. The topological polar surface area (TPSA) is 58.6 Å². The maximum Gasteiger partial charge on any atom is 0.256 e. The molecular formula is C13H15NO3. The number of ether oxygens (including phenoxy) is 1. The van der Waals surface area contributed by atoms with Crippen LogP contribution in [0.1, 0.15) is 23.7 Å². The summed E-state index contributed by atoms with van der Waals surface area (Å²) >= 11 is 0. The Morgan fingerprint density at radius 1 is 1.65 bits per heavy atom. The Morgan fingerprint density at radius 3 is 2.88 bits per heavy atom. The van der Waals surface area contributed by atoms with Gasteiger partial charge in [0.15, 0.2) is 11.5 Å². The van der Waals surface area contributed by atoms with Crippen LogP contribution in [0.2, 0.25) is 0 Å². The van der Waals surface area contributed by atoms with Crippen molar-refractivity contribution < 1.29 is 14.6 Å². The number of aromatic hydroxyl groups is 1. The van der Waals surface area contributed by atoms with Crippen LogP contribution in [0.4, 0.5) is 0 Å².